The van der Waals surface area contributed by atoms with Gasteiger partial charge in [-0.1, -0.05) is 6.92 Å². The van der Waals surface area contributed by atoms with Crippen molar-refractivity contribution in [1.29, 1.82) is 0 Å². The summed E-state index contributed by atoms with van der Waals surface area (Å²) < 4.78 is 0. The van der Waals surface area contributed by atoms with Crippen molar-refractivity contribution in [3.8, 4) is 11.1 Å². The van der Waals surface area contributed by atoms with Crippen LogP contribution in [0.3, 0.4) is 0 Å². The lowest BCUT2D eigenvalue weighted by Gasteiger charge is -2.08. The first-order chi connectivity index (χ1) is 13.5. The summed E-state index contributed by atoms with van der Waals surface area (Å²) in [7, 11) is 0. The fourth-order valence-electron chi connectivity index (χ4n) is 3.04. The SMILES string of the molecule is CCCC(=O)c1ncc(-c2cnc3cc(NC(=O)C4CC4)ncc3c2)c(C)n1. The van der Waals surface area contributed by atoms with Crippen LogP contribution in [0.5, 0.6) is 0 Å². The van der Waals surface area contributed by atoms with E-state index < -0.39 is 0 Å². The fourth-order valence-corrected chi connectivity index (χ4v) is 3.04. The lowest BCUT2D eigenvalue weighted by molar-refractivity contribution is -0.117. The number of hydrogen-bond acceptors (Lipinski definition) is 6. The van der Waals surface area contributed by atoms with E-state index in [9.17, 15) is 9.59 Å². The minimum atomic E-state index is -0.0428. The van der Waals surface area contributed by atoms with Crippen LogP contribution in [0.15, 0.2) is 30.7 Å². The van der Waals surface area contributed by atoms with Crippen molar-refractivity contribution >= 4 is 28.4 Å². The molecule has 1 fully saturated rings. The maximum absolute atomic E-state index is 12.0. The van der Waals surface area contributed by atoms with E-state index in [1.807, 2.05) is 19.9 Å². The summed E-state index contributed by atoms with van der Waals surface area (Å²) in [6.45, 7) is 3.81. The third kappa shape index (κ3) is 3.74. The van der Waals surface area contributed by atoms with Gasteiger partial charge in [0.15, 0.2) is 11.6 Å². The van der Waals surface area contributed by atoms with Crippen LogP contribution in [0.2, 0.25) is 0 Å². The highest BCUT2D eigenvalue weighted by atomic mass is 16.2. The van der Waals surface area contributed by atoms with Crippen molar-refractivity contribution in [3.63, 3.8) is 0 Å². The third-order valence-corrected chi connectivity index (χ3v) is 4.78. The number of ketones is 1. The number of hydrogen-bond donors (Lipinski definition) is 1. The molecule has 1 amide bonds. The number of carbonyl (C=O) groups excluding carboxylic acids is 2. The van der Waals surface area contributed by atoms with Gasteiger partial charge in [0.25, 0.3) is 0 Å². The lowest BCUT2D eigenvalue weighted by atomic mass is 10.1. The number of rotatable bonds is 6. The summed E-state index contributed by atoms with van der Waals surface area (Å²) in [6.07, 6.45) is 8.23. The average Bonchev–Trinajstić information content (AvgIpc) is 3.53. The molecule has 1 N–H and O–H groups in total. The molecule has 28 heavy (non-hydrogen) atoms. The molecule has 0 spiro atoms. The molecule has 4 rings (SSSR count). The van der Waals surface area contributed by atoms with Crippen molar-refractivity contribution in [2.24, 2.45) is 5.92 Å². The van der Waals surface area contributed by atoms with Crippen molar-refractivity contribution in [2.45, 2.75) is 39.5 Å². The molecular formula is C21H21N5O2. The second-order valence-corrected chi connectivity index (χ2v) is 7.12. The molecule has 7 heteroatoms. The second kappa shape index (κ2) is 7.42. The Kier molecular flexibility index (Phi) is 4.81. The minimum Gasteiger partial charge on any atom is -0.310 e. The van der Waals surface area contributed by atoms with Gasteiger partial charge in [0.05, 0.1) is 5.52 Å². The number of nitrogens with one attached hydrogen (secondary N) is 1. The number of aryl methyl sites for hydroxylation is 1. The van der Waals surface area contributed by atoms with Crippen LogP contribution in [0.25, 0.3) is 22.0 Å². The molecule has 0 bridgehead atoms. The summed E-state index contributed by atoms with van der Waals surface area (Å²) in [5.41, 5.74) is 3.17. The maximum Gasteiger partial charge on any atom is 0.228 e. The van der Waals surface area contributed by atoms with Gasteiger partial charge in [0.2, 0.25) is 5.91 Å². The third-order valence-electron chi connectivity index (χ3n) is 4.78. The zero-order valence-corrected chi connectivity index (χ0v) is 15.9. The van der Waals surface area contributed by atoms with Gasteiger partial charge in [-0.2, -0.15) is 0 Å². The van der Waals surface area contributed by atoms with Gasteiger partial charge in [-0.05, 0) is 32.3 Å². The Morgan fingerprint density at radius 2 is 1.93 bits per heavy atom. The number of anilines is 1. The van der Waals surface area contributed by atoms with E-state index in [-0.39, 0.29) is 23.4 Å². The van der Waals surface area contributed by atoms with E-state index in [0.29, 0.717) is 12.2 Å². The topological polar surface area (TPSA) is 97.7 Å². The molecule has 0 atom stereocenters. The summed E-state index contributed by atoms with van der Waals surface area (Å²) in [5, 5.41) is 3.69. The first kappa shape index (κ1) is 18.2. The standard InChI is InChI=1S/C21H21N5O2/c1-3-4-18(27)20-24-11-16(12(2)25-20)14-7-15-10-23-19(8-17(15)22-9-14)26-21(28)13-5-6-13/h7-11,13H,3-6H2,1-2H3,(H,23,26,28). The minimum absolute atomic E-state index is 0.0222. The molecule has 0 radical (unpaired) electrons. The Morgan fingerprint density at radius 1 is 1.11 bits per heavy atom. The Bertz CT molecular complexity index is 1080. The Balaban J connectivity index is 1.60. The smallest absolute Gasteiger partial charge is 0.228 e. The van der Waals surface area contributed by atoms with Gasteiger partial charge in [0.1, 0.15) is 5.82 Å². The van der Waals surface area contributed by atoms with Crippen molar-refractivity contribution in [1.82, 2.24) is 19.9 Å². The van der Waals surface area contributed by atoms with E-state index in [1.165, 1.54) is 0 Å². The van der Waals surface area contributed by atoms with E-state index in [1.54, 1.807) is 24.7 Å². The van der Waals surface area contributed by atoms with E-state index in [2.05, 4.69) is 25.3 Å². The number of fused-ring (bicyclic) bond motifs is 1. The fraction of sp³-hybridized carbons (Fsp3) is 0.333. The van der Waals surface area contributed by atoms with E-state index in [0.717, 1.165) is 47.0 Å². The Labute approximate surface area is 162 Å². The number of pyridine rings is 2. The normalized spacial score (nSPS) is 13.5. The molecular weight excluding hydrogens is 354 g/mol. The molecule has 0 aliphatic heterocycles. The van der Waals surface area contributed by atoms with Crippen molar-refractivity contribution in [2.75, 3.05) is 5.32 Å². The highest BCUT2D eigenvalue weighted by molar-refractivity contribution is 5.95. The number of nitrogens with zero attached hydrogens (tertiary/aromatic N) is 4. The van der Waals surface area contributed by atoms with Gasteiger partial charge < -0.3 is 5.32 Å². The van der Waals surface area contributed by atoms with Crippen LogP contribution < -0.4 is 5.32 Å². The predicted octanol–water partition coefficient (Wildman–Crippen LogP) is 3.73. The van der Waals surface area contributed by atoms with E-state index >= 15 is 0 Å². The molecule has 1 saturated carbocycles. The number of aromatic nitrogens is 4. The highest BCUT2D eigenvalue weighted by Crippen LogP contribution is 2.30. The average molecular weight is 375 g/mol. The van der Waals surface area contributed by atoms with Gasteiger partial charge >= 0.3 is 0 Å². The van der Waals surface area contributed by atoms with Crippen LogP contribution in [0.1, 0.15) is 48.9 Å². The van der Waals surface area contributed by atoms with Gasteiger partial charge in [-0.25, -0.2) is 15.0 Å². The molecule has 0 aromatic carbocycles. The maximum atomic E-state index is 12.0. The molecule has 142 valence electrons. The first-order valence-electron chi connectivity index (χ1n) is 9.49. The molecule has 1 aliphatic rings. The largest absolute Gasteiger partial charge is 0.310 e. The first-order valence-corrected chi connectivity index (χ1v) is 9.49. The number of carbonyl (C=O) groups is 2. The quantitative estimate of drug-likeness (QED) is 0.659. The van der Waals surface area contributed by atoms with Crippen LogP contribution in [-0.2, 0) is 4.79 Å². The molecule has 3 aromatic heterocycles. The molecule has 0 unspecified atom stereocenters. The van der Waals surface area contributed by atoms with Gasteiger partial charge in [-0.15, -0.1) is 0 Å². The zero-order chi connectivity index (χ0) is 19.7. The summed E-state index contributed by atoms with van der Waals surface area (Å²) in [4.78, 5) is 41.3. The van der Waals surface area contributed by atoms with Crippen molar-refractivity contribution < 1.29 is 9.59 Å². The second-order valence-electron chi connectivity index (χ2n) is 7.12. The summed E-state index contributed by atoms with van der Waals surface area (Å²) in [6, 6.07) is 3.73. The van der Waals surface area contributed by atoms with E-state index in [4.69, 9.17) is 0 Å². The predicted molar refractivity (Wildman–Crippen MR) is 106 cm³/mol. The molecule has 3 aromatic rings. The summed E-state index contributed by atoms with van der Waals surface area (Å²) in [5.74, 6) is 0.883. The van der Waals surface area contributed by atoms with Crippen LogP contribution in [-0.4, -0.2) is 31.6 Å². The van der Waals surface area contributed by atoms with Crippen LogP contribution in [0, 0.1) is 12.8 Å². The van der Waals surface area contributed by atoms with Gasteiger partial charge in [-0.3, -0.25) is 14.6 Å². The Morgan fingerprint density at radius 3 is 2.64 bits per heavy atom. The van der Waals surface area contributed by atoms with Crippen LogP contribution in [0.4, 0.5) is 5.82 Å². The number of amides is 1. The molecule has 1 aliphatic carbocycles. The molecule has 7 nitrogen and oxygen atoms in total. The zero-order valence-electron chi connectivity index (χ0n) is 15.9. The van der Waals surface area contributed by atoms with Crippen molar-refractivity contribution in [3.05, 3.63) is 42.2 Å². The molecule has 3 heterocycles. The Hall–Kier alpha value is -3.22. The summed E-state index contributed by atoms with van der Waals surface area (Å²) >= 11 is 0. The molecule has 0 saturated heterocycles. The van der Waals surface area contributed by atoms with Gasteiger partial charge in [0, 0.05) is 59.2 Å². The number of Topliss-reactive ketones (excluding diaryl/α,β-unsaturated/α-hetero) is 1. The monoisotopic (exact) mass is 375 g/mol. The highest BCUT2D eigenvalue weighted by Gasteiger charge is 2.29. The van der Waals surface area contributed by atoms with Crippen LogP contribution >= 0.6 is 0 Å². The lowest BCUT2D eigenvalue weighted by Crippen LogP contribution is -2.14.